The van der Waals surface area contributed by atoms with Gasteiger partial charge < -0.3 is 9.47 Å². The summed E-state index contributed by atoms with van der Waals surface area (Å²) in [6.07, 6.45) is 6.47. The van der Waals surface area contributed by atoms with Gasteiger partial charge in [0.05, 0.1) is 0 Å². The highest BCUT2D eigenvalue weighted by Gasteiger charge is 2.58. The van der Waals surface area contributed by atoms with E-state index >= 15 is 0 Å². The summed E-state index contributed by atoms with van der Waals surface area (Å²) in [5.41, 5.74) is -0.305. The Kier molecular flexibility index (Phi) is 4.54. The second kappa shape index (κ2) is 6.34. The second-order valence-corrected chi connectivity index (χ2v) is 7.78. The van der Waals surface area contributed by atoms with Crippen molar-refractivity contribution in [2.45, 2.75) is 58.0 Å². The molecule has 0 amide bonds. The van der Waals surface area contributed by atoms with Crippen LogP contribution in [0.3, 0.4) is 0 Å². The number of ether oxygens (including phenoxy) is 2. The predicted molar refractivity (Wildman–Crippen MR) is 86.9 cm³/mol. The van der Waals surface area contributed by atoms with E-state index in [1.807, 2.05) is 6.92 Å². The molecule has 0 aromatic heterocycles. The van der Waals surface area contributed by atoms with Crippen molar-refractivity contribution >= 4 is 17.7 Å². The summed E-state index contributed by atoms with van der Waals surface area (Å²) in [6.45, 7) is 6.40. The maximum atomic E-state index is 12.3. The lowest BCUT2D eigenvalue weighted by Gasteiger charge is -2.60. The standard InChI is InChI=1S/C19H26O5/c1-4-19(14-6-12-5-13(8-14)9-15(19)7-12)24-18(22)16(20)10-23-17(21)11(2)3/h12-15H,2,4-10H2,1,3H3. The van der Waals surface area contributed by atoms with Crippen molar-refractivity contribution in [1.82, 2.24) is 0 Å². The molecule has 0 aliphatic heterocycles. The van der Waals surface area contributed by atoms with Crippen LogP contribution in [0.15, 0.2) is 12.2 Å². The lowest BCUT2D eigenvalue weighted by molar-refractivity contribution is -0.211. The van der Waals surface area contributed by atoms with Gasteiger partial charge in [-0.15, -0.1) is 0 Å². The molecule has 4 aliphatic rings. The molecule has 24 heavy (non-hydrogen) atoms. The molecule has 132 valence electrons. The molecule has 4 rings (SSSR count). The zero-order valence-corrected chi connectivity index (χ0v) is 14.5. The highest BCUT2D eigenvalue weighted by Crippen LogP contribution is 2.60. The number of hydrogen-bond acceptors (Lipinski definition) is 5. The fourth-order valence-electron chi connectivity index (χ4n) is 5.34. The molecule has 5 nitrogen and oxygen atoms in total. The van der Waals surface area contributed by atoms with E-state index in [2.05, 4.69) is 6.58 Å². The van der Waals surface area contributed by atoms with Gasteiger partial charge >= 0.3 is 11.9 Å². The van der Waals surface area contributed by atoms with Crippen LogP contribution >= 0.6 is 0 Å². The summed E-state index contributed by atoms with van der Waals surface area (Å²) in [4.78, 5) is 35.7. The van der Waals surface area contributed by atoms with E-state index < -0.39 is 29.9 Å². The highest BCUT2D eigenvalue weighted by molar-refractivity contribution is 6.34. The minimum atomic E-state index is -0.862. The number of carbonyl (C=O) groups is 3. The predicted octanol–water partition coefficient (Wildman–Crippen LogP) is 2.82. The van der Waals surface area contributed by atoms with Crippen molar-refractivity contribution < 1.29 is 23.9 Å². The summed E-state index contributed by atoms with van der Waals surface area (Å²) in [6, 6.07) is 0. The smallest absolute Gasteiger partial charge is 0.378 e. The molecule has 0 aromatic rings. The van der Waals surface area contributed by atoms with E-state index in [1.165, 1.54) is 13.3 Å². The van der Waals surface area contributed by atoms with Gasteiger partial charge in [0.2, 0.25) is 0 Å². The third-order valence-corrected chi connectivity index (χ3v) is 6.27. The molecule has 0 N–H and O–H groups in total. The number of carbonyl (C=O) groups excluding carboxylic acids is 3. The molecule has 0 atom stereocenters. The van der Waals surface area contributed by atoms with E-state index in [1.54, 1.807) is 0 Å². The molecular weight excluding hydrogens is 308 g/mol. The van der Waals surface area contributed by atoms with Crippen molar-refractivity contribution in [3.63, 3.8) is 0 Å². The maximum Gasteiger partial charge on any atom is 0.378 e. The summed E-state index contributed by atoms with van der Waals surface area (Å²) in [5, 5.41) is 0. The minimum Gasteiger partial charge on any atom is -0.454 e. The lowest BCUT2D eigenvalue weighted by atomic mass is 9.49. The van der Waals surface area contributed by atoms with Gasteiger partial charge in [-0.3, -0.25) is 4.79 Å². The minimum absolute atomic E-state index is 0.197. The average molecular weight is 334 g/mol. The second-order valence-electron chi connectivity index (χ2n) is 7.78. The normalized spacial score (nSPS) is 36.2. The summed E-state index contributed by atoms with van der Waals surface area (Å²) < 4.78 is 10.6. The first-order chi connectivity index (χ1) is 11.4. The summed E-state index contributed by atoms with van der Waals surface area (Å²) >= 11 is 0. The zero-order chi connectivity index (χ0) is 17.5. The number of ketones is 1. The topological polar surface area (TPSA) is 69.7 Å². The molecule has 4 aliphatic carbocycles. The van der Waals surface area contributed by atoms with Gasteiger partial charge in [-0.2, -0.15) is 0 Å². The number of rotatable bonds is 6. The van der Waals surface area contributed by atoms with Crippen molar-refractivity contribution in [2.24, 2.45) is 23.7 Å². The summed E-state index contributed by atoms with van der Waals surface area (Å²) in [7, 11) is 0. The third kappa shape index (κ3) is 2.89. The molecule has 0 aromatic carbocycles. The third-order valence-electron chi connectivity index (χ3n) is 6.27. The SMILES string of the molecule is C=C(C)C(=O)OCC(=O)C(=O)OC1(CC)C2CC3CC(C2)CC1C3. The van der Waals surface area contributed by atoms with E-state index in [9.17, 15) is 14.4 Å². The first kappa shape index (κ1) is 17.2. The Morgan fingerprint density at radius 3 is 2.00 bits per heavy atom. The first-order valence-electron chi connectivity index (χ1n) is 8.94. The fraction of sp³-hybridized carbons (Fsp3) is 0.737. The molecule has 0 spiro atoms. The van der Waals surface area contributed by atoms with E-state index in [0.717, 1.165) is 43.9 Å². The monoisotopic (exact) mass is 334 g/mol. The Hall–Kier alpha value is -1.65. The van der Waals surface area contributed by atoms with Gasteiger partial charge in [0.15, 0.2) is 6.61 Å². The molecule has 4 fully saturated rings. The highest BCUT2D eigenvalue weighted by atomic mass is 16.6. The van der Waals surface area contributed by atoms with Crippen LogP contribution in [0.4, 0.5) is 0 Å². The van der Waals surface area contributed by atoms with E-state index in [-0.39, 0.29) is 5.57 Å². The quantitative estimate of drug-likeness (QED) is 0.424. The van der Waals surface area contributed by atoms with Gasteiger partial charge in [0.25, 0.3) is 5.78 Å². The number of hydrogen-bond donors (Lipinski definition) is 0. The number of Topliss-reactive ketones (excluding diaryl/α,β-unsaturated/α-hetero) is 1. The van der Waals surface area contributed by atoms with Crippen LogP contribution in [-0.4, -0.2) is 29.9 Å². The zero-order valence-electron chi connectivity index (χ0n) is 14.5. The van der Waals surface area contributed by atoms with Crippen molar-refractivity contribution in [3.05, 3.63) is 12.2 Å². The van der Waals surface area contributed by atoms with Gasteiger partial charge in [0, 0.05) is 5.57 Å². The summed E-state index contributed by atoms with van der Waals surface area (Å²) in [5.74, 6) is -0.0702. The van der Waals surface area contributed by atoms with Crippen LogP contribution < -0.4 is 0 Å². The Morgan fingerprint density at radius 2 is 1.54 bits per heavy atom. The van der Waals surface area contributed by atoms with Crippen LogP contribution in [0.1, 0.15) is 52.4 Å². The Balaban J connectivity index is 1.65. The fourth-order valence-corrected chi connectivity index (χ4v) is 5.34. The van der Waals surface area contributed by atoms with E-state index in [0.29, 0.717) is 11.8 Å². The Morgan fingerprint density at radius 1 is 1.00 bits per heavy atom. The Labute approximate surface area is 142 Å². The Bertz CT molecular complexity index is 548. The van der Waals surface area contributed by atoms with Gasteiger partial charge in [-0.25, -0.2) is 9.59 Å². The van der Waals surface area contributed by atoms with Gasteiger partial charge in [0.1, 0.15) is 5.60 Å². The van der Waals surface area contributed by atoms with Crippen LogP contribution in [0, 0.1) is 23.7 Å². The molecular formula is C19H26O5. The van der Waals surface area contributed by atoms with Gasteiger partial charge in [-0.05, 0) is 69.1 Å². The van der Waals surface area contributed by atoms with Crippen molar-refractivity contribution in [3.8, 4) is 0 Å². The number of esters is 2. The maximum absolute atomic E-state index is 12.3. The van der Waals surface area contributed by atoms with Crippen LogP contribution in [0.25, 0.3) is 0 Å². The molecule has 0 radical (unpaired) electrons. The molecule has 0 saturated heterocycles. The van der Waals surface area contributed by atoms with Crippen molar-refractivity contribution in [1.29, 1.82) is 0 Å². The van der Waals surface area contributed by atoms with Gasteiger partial charge in [-0.1, -0.05) is 13.5 Å². The lowest BCUT2D eigenvalue weighted by Crippen LogP contribution is -2.59. The molecule has 4 saturated carbocycles. The van der Waals surface area contributed by atoms with Crippen LogP contribution in [0.5, 0.6) is 0 Å². The van der Waals surface area contributed by atoms with Crippen molar-refractivity contribution in [2.75, 3.05) is 6.61 Å². The average Bonchev–Trinajstić information content (AvgIpc) is 2.54. The molecule has 0 unspecified atom stereocenters. The largest absolute Gasteiger partial charge is 0.454 e. The first-order valence-corrected chi connectivity index (χ1v) is 8.94. The van der Waals surface area contributed by atoms with Crippen LogP contribution in [0.2, 0.25) is 0 Å². The molecule has 0 heterocycles. The molecule has 4 bridgehead atoms. The van der Waals surface area contributed by atoms with Crippen LogP contribution in [-0.2, 0) is 23.9 Å². The molecule has 5 heteroatoms. The van der Waals surface area contributed by atoms with E-state index in [4.69, 9.17) is 9.47 Å².